The highest BCUT2D eigenvalue weighted by Crippen LogP contribution is 2.64. The van der Waals surface area contributed by atoms with Gasteiger partial charge in [-0.2, -0.15) is 0 Å². The van der Waals surface area contributed by atoms with Crippen LogP contribution in [0.3, 0.4) is 0 Å². The van der Waals surface area contributed by atoms with Gasteiger partial charge in [0.25, 0.3) is 7.37 Å². The van der Waals surface area contributed by atoms with Crippen LogP contribution < -0.4 is 0 Å². The normalized spacial score (nSPS) is 17.0. The Kier molecular flexibility index (Phi) is 5.76. The Morgan fingerprint density at radius 2 is 1.68 bits per heavy atom. The molecule has 0 fully saturated rings. The summed E-state index contributed by atoms with van der Waals surface area (Å²) in [5, 5.41) is 9.49. The second-order valence-corrected chi connectivity index (χ2v) is 7.98. The van der Waals surface area contributed by atoms with E-state index in [2.05, 4.69) is 15.9 Å². The van der Waals surface area contributed by atoms with Crippen LogP contribution in [-0.2, 0) is 14.4 Å². The summed E-state index contributed by atoms with van der Waals surface area (Å²) < 4.78 is 18.5. The molecule has 0 amide bonds. The molecule has 2 aromatic carbocycles. The molecule has 1 N–H and O–H groups in total. The molecule has 2 atom stereocenters. The second-order valence-electron chi connectivity index (χ2n) is 4.82. The van der Waals surface area contributed by atoms with Crippen LogP contribution in [0.4, 0.5) is 0 Å². The molecule has 2 aromatic rings. The number of benzene rings is 2. The van der Waals surface area contributed by atoms with Crippen molar-refractivity contribution in [3.63, 3.8) is 0 Å². The van der Waals surface area contributed by atoms with Gasteiger partial charge in [-0.05, 0) is 17.2 Å². The molecule has 0 aliphatic rings. The van der Waals surface area contributed by atoms with Crippen LogP contribution in [0.15, 0.2) is 66.5 Å². The van der Waals surface area contributed by atoms with Crippen molar-refractivity contribution in [2.45, 2.75) is 5.34 Å². The maximum Gasteiger partial charge on any atom is 0.260 e. The Hall–Kier alpha value is -1.19. The Balaban J connectivity index is 2.43. The molecule has 3 nitrogen and oxygen atoms in total. The van der Waals surface area contributed by atoms with E-state index in [4.69, 9.17) is 4.52 Å². The third kappa shape index (κ3) is 3.41. The zero-order chi connectivity index (χ0) is 16.1. The molecule has 0 saturated carbocycles. The van der Waals surface area contributed by atoms with Gasteiger partial charge in [0.05, 0.1) is 0 Å². The van der Waals surface area contributed by atoms with E-state index in [1.807, 2.05) is 36.4 Å². The van der Waals surface area contributed by atoms with Crippen molar-refractivity contribution in [3.8, 4) is 0 Å². The van der Waals surface area contributed by atoms with Gasteiger partial charge >= 0.3 is 0 Å². The Labute approximate surface area is 139 Å². The number of alkyl halides is 1. The van der Waals surface area contributed by atoms with E-state index in [0.29, 0.717) is 5.56 Å². The number of rotatable bonds is 6. The van der Waals surface area contributed by atoms with Crippen molar-refractivity contribution in [2.24, 2.45) is 0 Å². The topological polar surface area (TPSA) is 46.5 Å². The van der Waals surface area contributed by atoms with Crippen molar-refractivity contribution in [1.82, 2.24) is 0 Å². The van der Waals surface area contributed by atoms with Gasteiger partial charge < -0.3 is 9.63 Å². The van der Waals surface area contributed by atoms with Gasteiger partial charge in [-0.15, -0.1) is 0 Å². The minimum atomic E-state index is -3.48. The molecular weight excluding hydrogens is 363 g/mol. The van der Waals surface area contributed by atoms with Gasteiger partial charge in [0, 0.05) is 18.3 Å². The monoisotopic (exact) mass is 380 g/mol. The first-order chi connectivity index (χ1) is 10.6. The predicted octanol–water partition coefficient (Wildman–Crippen LogP) is 4.82. The minimum absolute atomic E-state index is 0.105. The molecule has 22 heavy (non-hydrogen) atoms. The third-order valence-electron chi connectivity index (χ3n) is 3.47. The molecular formula is C17H18BrO3P. The summed E-state index contributed by atoms with van der Waals surface area (Å²) in [5.74, 6) is 1.47. The van der Waals surface area contributed by atoms with E-state index in [-0.39, 0.29) is 5.33 Å². The van der Waals surface area contributed by atoms with Gasteiger partial charge in [0.15, 0.2) is 5.34 Å². The smallest absolute Gasteiger partial charge is 0.260 e. The molecule has 0 radical (unpaired) electrons. The molecule has 2 unspecified atom stereocenters. The minimum Gasteiger partial charge on any atom is -0.374 e. The average molecular weight is 381 g/mol. The van der Waals surface area contributed by atoms with Crippen molar-refractivity contribution >= 4 is 29.4 Å². The Morgan fingerprint density at radius 3 is 2.18 bits per heavy atom. The molecule has 5 heteroatoms. The molecule has 2 rings (SSSR count). The number of halogens is 1. The van der Waals surface area contributed by atoms with Crippen LogP contribution in [0.1, 0.15) is 11.1 Å². The molecule has 0 heterocycles. The average Bonchev–Trinajstić information content (AvgIpc) is 2.60. The van der Waals surface area contributed by atoms with Gasteiger partial charge in [0.1, 0.15) is 0 Å². The van der Waals surface area contributed by atoms with Gasteiger partial charge in [-0.1, -0.05) is 76.6 Å². The zero-order valence-corrected chi connectivity index (χ0v) is 14.7. The summed E-state index contributed by atoms with van der Waals surface area (Å²) in [6, 6.07) is 18.4. The molecule has 0 spiro atoms. The van der Waals surface area contributed by atoms with Crippen LogP contribution in [0.25, 0.3) is 6.08 Å². The molecule has 0 aliphatic carbocycles. The SMILES string of the molecule is COP(=O)(/C=C/c1ccccc1)C(O)(CBr)c1ccccc1. The first kappa shape index (κ1) is 17.2. The lowest BCUT2D eigenvalue weighted by Gasteiger charge is -2.32. The summed E-state index contributed by atoms with van der Waals surface area (Å²) >= 11 is 3.28. The van der Waals surface area contributed by atoms with E-state index >= 15 is 0 Å². The second kappa shape index (κ2) is 7.38. The first-order valence-corrected chi connectivity index (χ1v) is 9.61. The van der Waals surface area contributed by atoms with Crippen LogP contribution >= 0.6 is 23.3 Å². The van der Waals surface area contributed by atoms with Crippen LogP contribution in [-0.4, -0.2) is 17.5 Å². The van der Waals surface area contributed by atoms with E-state index in [0.717, 1.165) is 5.56 Å². The van der Waals surface area contributed by atoms with Crippen molar-refractivity contribution in [3.05, 3.63) is 77.6 Å². The highest BCUT2D eigenvalue weighted by molar-refractivity contribution is 9.09. The lowest BCUT2D eigenvalue weighted by Crippen LogP contribution is -2.27. The number of hydrogen-bond donors (Lipinski definition) is 1. The predicted molar refractivity (Wildman–Crippen MR) is 94.2 cm³/mol. The third-order valence-corrected chi connectivity index (χ3v) is 7.25. The molecule has 0 saturated heterocycles. The largest absolute Gasteiger partial charge is 0.374 e. The fourth-order valence-corrected chi connectivity index (χ4v) is 5.22. The van der Waals surface area contributed by atoms with Crippen LogP contribution in [0, 0.1) is 0 Å². The van der Waals surface area contributed by atoms with E-state index in [1.54, 1.807) is 30.3 Å². The Bertz CT molecular complexity index is 673. The van der Waals surface area contributed by atoms with Crippen molar-refractivity contribution in [1.29, 1.82) is 0 Å². The molecule has 116 valence electrons. The quantitative estimate of drug-likeness (QED) is 0.577. The maximum atomic E-state index is 13.2. The Morgan fingerprint density at radius 1 is 1.14 bits per heavy atom. The lowest BCUT2D eigenvalue weighted by atomic mass is 10.1. The summed E-state index contributed by atoms with van der Waals surface area (Å²) in [7, 11) is -2.13. The summed E-state index contributed by atoms with van der Waals surface area (Å²) in [4.78, 5) is 0. The lowest BCUT2D eigenvalue weighted by molar-refractivity contribution is 0.132. The molecule has 0 bridgehead atoms. The van der Waals surface area contributed by atoms with E-state index in [9.17, 15) is 9.67 Å². The highest BCUT2D eigenvalue weighted by Gasteiger charge is 2.46. The number of hydrogen-bond acceptors (Lipinski definition) is 3. The zero-order valence-electron chi connectivity index (χ0n) is 12.2. The van der Waals surface area contributed by atoms with Crippen LogP contribution in [0.2, 0.25) is 0 Å². The van der Waals surface area contributed by atoms with Crippen molar-refractivity contribution < 1.29 is 14.2 Å². The van der Waals surface area contributed by atoms with E-state index in [1.165, 1.54) is 12.9 Å². The highest BCUT2D eigenvalue weighted by atomic mass is 79.9. The first-order valence-electron chi connectivity index (χ1n) is 6.79. The van der Waals surface area contributed by atoms with Crippen LogP contribution in [0.5, 0.6) is 0 Å². The maximum absolute atomic E-state index is 13.2. The van der Waals surface area contributed by atoms with Crippen molar-refractivity contribution in [2.75, 3.05) is 12.4 Å². The van der Waals surface area contributed by atoms with Gasteiger partial charge in [0.2, 0.25) is 0 Å². The molecule has 0 aromatic heterocycles. The standard InChI is InChI=1S/C17H18BrO3P/c1-21-22(20,13-12-15-8-4-2-5-9-15)17(19,14-18)16-10-6-3-7-11-16/h2-13,19H,14H2,1H3/b13-12+. The summed E-state index contributed by atoms with van der Waals surface area (Å²) in [6.45, 7) is 0. The summed E-state index contributed by atoms with van der Waals surface area (Å²) in [5.41, 5.74) is 1.44. The summed E-state index contributed by atoms with van der Waals surface area (Å²) in [6.07, 6.45) is 1.71. The fourth-order valence-electron chi connectivity index (χ4n) is 2.13. The molecule has 0 aliphatic heterocycles. The fraction of sp³-hybridized carbons (Fsp3) is 0.176. The van der Waals surface area contributed by atoms with E-state index < -0.39 is 12.7 Å². The van der Waals surface area contributed by atoms with Gasteiger partial charge in [-0.25, -0.2) is 0 Å². The number of aliphatic hydroxyl groups is 1. The van der Waals surface area contributed by atoms with Gasteiger partial charge in [-0.3, -0.25) is 4.57 Å².